The molecular formula is C16H18ClNO3S. The van der Waals surface area contributed by atoms with Crippen LogP contribution in [-0.4, -0.2) is 15.5 Å². The number of anilines is 1. The zero-order chi connectivity index (χ0) is 16.3. The number of hydrogen-bond donors (Lipinski definition) is 1. The van der Waals surface area contributed by atoms with Crippen LogP contribution in [0.1, 0.15) is 25.3 Å². The van der Waals surface area contributed by atoms with Crippen molar-refractivity contribution in [3.63, 3.8) is 0 Å². The Bertz CT molecular complexity index is 773. The predicted molar refractivity (Wildman–Crippen MR) is 89.3 cm³/mol. The van der Waals surface area contributed by atoms with Crippen LogP contribution in [0.5, 0.6) is 5.75 Å². The van der Waals surface area contributed by atoms with Gasteiger partial charge in [0.1, 0.15) is 10.6 Å². The molecule has 118 valence electrons. The van der Waals surface area contributed by atoms with E-state index in [2.05, 4.69) is 4.72 Å². The second kappa shape index (κ2) is 6.58. The van der Waals surface area contributed by atoms with Gasteiger partial charge < -0.3 is 4.74 Å². The average Bonchev–Trinajstić information content (AvgIpc) is 2.46. The molecular weight excluding hydrogens is 322 g/mol. The maximum Gasteiger partial charge on any atom is 0.265 e. The van der Waals surface area contributed by atoms with Gasteiger partial charge in [0.25, 0.3) is 10.0 Å². The Kier molecular flexibility index (Phi) is 4.98. The Morgan fingerprint density at radius 2 is 1.86 bits per heavy atom. The van der Waals surface area contributed by atoms with Gasteiger partial charge in [-0.05, 0) is 41.8 Å². The summed E-state index contributed by atoms with van der Waals surface area (Å²) in [5, 5.41) is 0.461. The third-order valence-corrected chi connectivity index (χ3v) is 4.86. The number of ether oxygens (including phenoxy) is 1. The largest absolute Gasteiger partial charge is 0.495 e. The molecule has 0 atom stereocenters. The van der Waals surface area contributed by atoms with Gasteiger partial charge in [-0.1, -0.05) is 37.6 Å². The van der Waals surface area contributed by atoms with E-state index in [-0.39, 0.29) is 10.8 Å². The first-order chi connectivity index (χ1) is 10.3. The summed E-state index contributed by atoms with van der Waals surface area (Å²) < 4.78 is 33.0. The highest BCUT2D eigenvalue weighted by atomic mass is 35.5. The zero-order valence-corrected chi connectivity index (χ0v) is 14.2. The highest BCUT2D eigenvalue weighted by Crippen LogP contribution is 2.29. The minimum Gasteiger partial charge on any atom is -0.495 e. The molecule has 0 saturated heterocycles. The van der Waals surface area contributed by atoms with E-state index in [1.165, 1.54) is 7.11 Å². The fraction of sp³-hybridized carbons (Fsp3) is 0.250. The lowest BCUT2D eigenvalue weighted by molar-refractivity contribution is 0.402. The first kappa shape index (κ1) is 16.6. The van der Waals surface area contributed by atoms with Gasteiger partial charge in [-0.15, -0.1) is 0 Å². The Balaban J connectivity index is 2.46. The number of nitrogens with one attached hydrogen (secondary N) is 1. The molecule has 0 heterocycles. The van der Waals surface area contributed by atoms with Crippen molar-refractivity contribution < 1.29 is 13.2 Å². The fourth-order valence-electron chi connectivity index (χ4n) is 2.02. The van der Waals surface area contributed by atoms with Crippen LogP contribution in [0.25, 0.3) is 0 Å². The van der Waals surface area contributed by atoms with Crippen molar-refractivity contribution in [2.45, 2.75) is 24.7 Å². The van der Waals surface area contributed by atoms with E-state index in [4.69, 9.17) is 16.3 Å². The molecule has 2 aromatic carbocycles. The molecule has 0 saturated carbocycles. The molecule has 0 radical (unpaired) electrons. The molecule has 0 bridgehead atoms. The van der Waals surface area contributed by atoms with Gasteiger partial charge in [-0.3, -0.25) is 4.72 Å². The van der Waals surface area contributed by atoms with Gasteiger partial charge in [-0.25, -0.2) is 8.42 Å². The maximum absolute atomic E-state index is 12.6. The summed E-state index contributed by atoms with van der Waals surface area (Å²) in [6.45, 7) is 4.01. The molecule has 1 N–H and O–H groups in total. The van der Waals surface area contributed by atoms with E-state index in [1.807, 2.05) is 19.9 Å². The summed E-state index contributed by atoms with van der Waals surface area (Å²) in [7, 11) is -2.32. The van der Waals surface area contributed by atoms with Gasteiger partial charge in [-0.2, -0.15) is 0 Å². The molecule has 0 spiro atoms. The maximum atomic E-state index is 12.6. The highest BCUT2D eigenvalue weighted by molar-refractivity contribution is 7.92. The van der Waals surface area contributed by atoms with Crippen molar-refractivity contribution in [2.24, 2.45) is 0 Å². The number of methoxy groups -OCH3 is 1. The zero-order valence-electron chi connectivity index (χ0n) is 12.6. The van der Waals surface area contributed by atoms with Crippen molar-refractivity contribution in [1.82, 2.24) is 0 Å². The summed E-state index contributed by atoms with van der Waals surface area (Å²) >= 11 is 5.89. The highest BCUT2D eigenvalue weighted by Gasteiger charge is 2.21. The van der Waals surface area contributed by atoms with E-state index in [0.717, 1.165) is 5.56 Å². The van der Waals surface area contributed by atoms with Gasteiger partial charge in [0, 0.05) is 5.02 Å². The van der Waals surface area contributed by atoms with Crippen LogP contribution in [0.3, 0.4) is 0 Å². The average molecular weight is 340 g/mol. The number of hydrogen-bond acceptors (Lipinski definition) is 3. The standard InChI is InChI=1S/C16H18ClNO3S/c1-11(2)12-7-8-15(21-3)16(9-12)22(19,20)18-14-6-4-5-13(17)10-14/h4-11,18H,1-3H3. The second-order valence-corrected chi connectivity index (χ2v) is 7.27. The lowest BCUT2D eigenvalue weighted by atomic mass is 10.0. The summed E-state index contributed by atoms with van der Waals surface area (Å²) in [6.07, 6.45) is 0. The lowest BCUT2D eigenvalue weighted by Crippen LogP contribution is -2.14. The monoisotopic (exact) mass is 339 g/mol. The first-order valence-corrected chi connectivity index (χ1v) is 8.66. The molecule has 22 heavy (non-hydrogen) atoms. The molecule has 0 aliphatic heterocycles. The van der Waals surface area contributed by atoms with Gasteiger partial charge in [0.15, 0.2) is 0 Å². The molecule has 0 aliphatic rings. The first-order valence-electron chi connectivity index (χ1n) is 6.80. The third-order valence-electron chi connectivity index (χ3n) is 3.22. The van der Waals surface area contributed by atoms with Crippen LogP contribution in [0, 0.1) is 0 Å². The van der Waals surface area contributed by atoms with Gasteiger partial charge in [0.05, 0.1) is 12.8 Å². The molecule has 0 unspecified atom stereocenters. The predicted octanol–water partition coefficient (Wildman–Crippen LogP) is 4.27. The van der Waals surface area contributed by atoms with Crippen LogP contribution < -0.4 is 9.46 Å². The van der Waals surface area contributed by atoms with Crippen LogP contribution in [0.2, 0.25) is 5.02 Å². The molecule has 0 aliphatic carbocycles. The Hall–Kier alpha value is -1.72. The topological polar surface area (TPSA) is 55.4 Å². The van der Waals surface area contributed by atoms with Crippen molar-refractivity contribution in [2.75, 3.05) is 11.8 Å². The Morgan fingerprint density at radius 1 is 1.14 bits per heavy atom. The number of rotatable bonds is 5. The molecule has 2 rings (SSSR count). The van der Waals surface area contributed by atoms with Crippen molar-refractivity contribution in [1.29, 1.82) is 0 Å². The smallest absolute Gasteiger partial charge is 0.265 e. The van der Waals surface area contributed by atoms with E-state index < -0.39 is 10.0 Å². The van der Waals surface area contributed by atoms with Crippen LogP contribution >= 0.6 is 11.6 Å². The van der Waals surface area contributed by atoms with Gasteiger partial charge in [0.2, 0.25) is 0 Å². The molecule has 4 nitrogen and oxygen atoms in total. The van der Waals surface area contributed by atoms with Crippen molar-refractivity contribution in [3.8, 4) is 5.75 Å². The number of sulfonamides is 1. The Labute approximate surface area is 136 Å². The normalized spacial score (nSPS) is 11.5. The van der Waals surface area contributed by atoms with E-state index in [9.17, 15) is 8.42 Å². The molecule has 0 fully saturated rings. The number of benzene rings is 2. The fourth-order valence-corrected chi connectivity index (χ4v) is 3.47. The van der Waals surface area contributed by atoms with E-state index in [1.54, 1.807) is 36.4 Å². The quantitative estimate of drug-likeness (QED) is 0.884. The summed E-state index contributed by atoms with van der Waals surface area (Å²) in [4.78, 5) is 0.112. The van der Waals surface area contributed by atoms with E-state index >= 15 is 0 Å². The molecule has 6 heteroatoms. The van der Waals surface area contributed by atoms with Crippen molar-refractivity contribution in [3.05, 3.63) is 53.1 Å². The Morgan fingerprint density at radius 3 is 2.45 bits per heavy atom. The summed E-state index contributed by atoms with van der Waals surface area (Å²) in [6, 6.07) is 11.7. The number of halogens is 1. The van der Waals surface area contributed by atoms with Crippen LogP contribution in [-0.2, 0) is 10.0 Å². The van der Waals surface area contributed by atoms with Crippen LogP contribution in [0.4, 0.5) is 5.69 Å². The van der Waals surface area contributed by atoms with Crippen molar-refractivity contribution >= 4 is 27.3 Å². The van der Waals surface area contributed by atoms with Crippen LogP contribution in [0.15, 0.2) is 47.4 Å². The SMILES string of the molecule is COc1ccc(C(C)C)cc1S(=O)(=O)Nc1cccc(Cl)c1. The second-order valence-electron chi connectivity index (χ2n) is 5.18. The summed E-state index contributed by atoms with van der Waals surface area (Å²) in [5.41, 5.74) is 1.33. The van der Waals surface area contributed by atoms with Gasteiger partial charge >= 0.3 is 0 Å². The molecule has 0 aromatic heterocycles. The lowest BCUT2D eigenvalue weighted by Gasteiger charge is -2.14. The minimum absolute atomic E-state index is 0.112. The third kappa shape index (κ3) is 3.72. The van der Waals surface area contributed by atoms with E-state index in [0.29, 0.717) is 16.5 Å². The molecule has 2 aromatic rings. The minimum atomic E-state index is -3.76. The summed E-state index contributed by atoms with van der Waals surface area (Å²) in [5.74, 6) is 0.518. The molecule has 0 amide bonds.